The number of hydrogen-bond acceptors (Lipinski definition) is 5. The van der Waals surface area contributed by atoms with Gasteiger partial charge in [-0.3, -0.25) is 4.57 Å². The number of hydrogen-bond donors (Lipinski definition) is 1. The van der Waals surface area contributed by atoms with Crippen molar-refractivity contribution in [3.05, 3.63) is 42.0 Å². The molecule has 2 rings (SSSR count). The van der Waals surface area contributed by atoms with Gasteiger partial charge in [0, 0.05) is 0 Å². The highest BCUT2D eigenvalue weighted by Gasteiger charge is 2.46. The fourth-order valence-corrected chi connectivity index (χ4v) is 4.39. The second kappa shape index (κ2) is 7.88. The zero-order chi connectivity index (χ0) is 16.0. The monoisotopic (exact) mass is 341 g/mol. The van der Waals surface area contributed by atoms with Gasteiger partial charge in [-0.15, -0.1) is 0 Å². The summed E-state index contributed by atoms with van der Waals surface area (Å²) in [6.07, 6.45) is 3.21. The number of rotatable bonds is 7. The summed E-state index contributed by atoms with van der Waals surface area (Å²) >= 11 is 5.04. The van der Waals surface area contributed by atoms with Crippen LogP contribution in [0.5, 0.6) is 0 Å². The largest absolute Gasteiger partial charge is 0.461 e. The van der Waals surface area contributed by atoms with Crippen molar-refractivity contribution in [1.82, 2.24) is 5.32 Å². The van der Waals surface area contributed by atoms with Crippen molar-refractivity contribution in [2.75, 3.05) is 13.2 Å². The molecule has 0 amide bonds. The van der Waals surface area contributed by atoms with Crippen LogP contribution in [0.25, 0.3) is 6.08 Å². The van der Waals surface area contributed by atoms with E-state index in [9.17, 15) is 4.57 Å². The molecule has 1 aromatic carbocycles. The molecule has 5 nitrogen and oxygen atoms in total. The Kier molecular flexibility index (Phi) is 6.15. The van der Waals surface area contributed by atoms with E-state index in [1.165, 1.54) is 0 Å². The molecule has 22 heavy (non-hydrogen) atoms. The molecule has 0 radical (unpaired) electrons. The summed E-state index contributed by atoms with van der Waals surface area (Å²) in [5.41, 5.74) is 1.02. The lowest BCUT2D eigenvalue weighted by Crippen LogP contribution is -2.32. The molecular formula is C15H20NO4PS. The average Bonchev–Trinajstić information content (AvgIpc) is 2.88. The first-order chi connectivity index (χ1) is 10.6. The first-order valence-electron chi connectivity index (χ1n) is 7.18. The van der Waals surface area contributed by atoms with Gasteiger partial charge in [-0.2, -0.15) is 0 Å². The Hall–Kier alpha value is -1.20. The topological polar surface area (TPSA) is 56.8 Å². The second-order valence-corrected chi connectivity index (χ2v) is 7.13. The van der Waals surface area contributed by atoms with Crippen molar-refractivity contribution in [2.45, 2.75) is 25.7 Å². The van der Waals surface area contributed by atoms with E-state index < -0.39 is 19.5 Å². The van der Waals surface area contributed by atoms with E-state index in [-0.39, 0.29) is 18.4 Å². The predicted molar refractivity (Wildman–Crippen MR) is 90.7 cm³/mol. The molecule has 7 heteroatoms. The quantitative estimate of drug-likeness (QED) is 0.604. The lowest BCUT2D eigenvalue weighted by atomic mass is 10.2. The molecule has 2 atom stereocenters. The first-order valence-corrected chi connectivity index (χ1v) is 9.20. The van der Waals surface area contributed by atoms with Crippen molar-refractivity contribution in [2.24, 2.45) is 0 Å². The van der Waals surface area contributed by atoms with Gasteiger partial charge in [0.15, 0.2) is 11.9 Å². The molecule has 0 spiro atoms. The van der Waals surface area contributed by atoms with Gasteiger partial charge in [0.2, 0.25) is 0 Å². The fourth-order valence-electron chi connectivity index (χ4n) is 2.16. The number of benzene rings is 1. The van der Waals surface area contributed by atoms with Crippen LogP contribution in [0.4, 0.5) is 0 Å². The zero-order valence-electron chi connectivity index (χ0n) is 12.6. The summed E-state index contributed by atoms with van der Waals surface area (Å²) in [4.78, 5) is 0. The molecule has 1 aliphatic heterocycles. The van der Waals surface area contributed by atoms with Crippen molar-refractivity contribution < 1.29 is 18.3 Å². The summed E-state index contributed by atoms with van der Waals surface area (Å²) in [5, 5.41) is 3.10. The molecule has 1 N–H and O–H groups in total. The van der Waals surface area contributed by atoms with Crippen molar-refractivity contribution in [3.63, 3.8) is 0 Å². The standard InChI is InChI=1S/C15H20NO4PS/c1-3-18-21(17,19-4-2)14-13(20-15(22)16-14)11-10-12-8-6-5-7-9-12/h5-11,13-14H,3-4H2,1-2H3,(H,16,22)/b11-10+. The van der Waals surface area contributed by atoms with E-state index in [1.807, 2.05) is 42.5 Å². The Morgan fingerprint density at radius 2 is 1.91 bits per heavy atom. The minimum atomic E-state index is -3.36. The molecule has 1 fully saturated rings. The number of nitrogens with one attached hydrogen (secondary N) is 1. The Bertz CT molecular complexity index is 568. The van der Waals surface area contributed by atoms with Crippen LogP contribution < -0.4 is 5.32 Å². The molecule has 0 saturated carbocycles. The molecule has 1 aliphatic rings. The number of thiocarbonyl (C=S) groups is 1. The molecule has 0 aromatic heterocycles. The Morgan fingerprint density at radius 3 is 2.50 bits per heavy atom. The summed E-state index contributed by atoms with van der Waals surface area (Å²) < 4.78 is 29.2. The van der Waals surface area contributed by atoms with Crippen LogP contribution in [-0.4, -0.2) is 30.3 Å². The van der Waals surface area contributed by atoms with Gasteiger partial charge < -0.3 is 19.1 Å². The zero-order valence-corrected chi connectivity index (χ0v) is 14.3. The maximum atomic E-state index is 12.9. The van der Waals surface area contributed by atoms with Crippen molar-refractivity contribution in [3.8, 4) is 0 Å². The minimum Gasteiger partial charge on any atom is -0.461 e. The molecule has 1 heterocycles. The lowest BCUT2D eigenvalue weighted by Gasteiger charge is -2.24. The van der Waals surface area contributed by atoms with Crippen LogP contribution in [0.15, 0.2) is 36.4 Å². The second-order valence-electron chi connectivity index (χ2n) is 4.60. The molecule has 0 aliphatic carbocycles. The van der Waals surface area contributed by atoms with Crippen LogP contribution in [0.1, 0.15) is 19.4 Å². The molecule has 1 saturated heterocycles. The van der Waals surface area contributed by atoms with Crippen molar-refractivity contribution in [1.29, 1.82) is 0 Å². The van der Waals surface area contributed by atoms with Gasteiger partial charge in [0.1, 0.15) is 0 Å². The lowest BCUT2D eigenvalue weighted by molar-refractivity contribution is 0.193. The minimum absolute atomic E-state index is 0.201. The van der Waals surface area contributed by atoms with Crippen molar-refractivity contribution >= 4 is 31.1 Å². The summed E-state index contributed by atoms with van der Waals surface area (Å²) in [7, 11) is -3.36. The van der Waals surface area contributed by atoms with Gasteiger partial charge in [-0.1, -0.05) is 36.4 Å². The third-order valence-corrected chi connectivity index (χ3v) is 5.61. The summed E-state index contributed by atoms with van der Waals surface area (Å²) in [5.74, 6) is -0.639. The van der Waals surface area contributed by atoms with Crippen LogP contribution in [0.2, 0.25) is 0 Å². The van der Waals surface area contributed by atoms with Gasteiger partial charge in [-0.05, 0) is 37.7 Å². The highest BCUT2D eigenvalue weighted by molar-refractivity contribution is 7.80. The van der Waals surface area contributed by atoms with Crippen LogP contribution in [0.3, 0.4) is 0 Å². The Balaban J connectivity index is 2.19. The average molecular weight is 341 g/mol. The van der Waals surface area contributed by atoms with Gasteiger partial charge >= 0.3 is 7.60 Å². The van der Waals surface area contributed by atoms with E-state index in [0.29, 0.717) is 0 Å². The van der Waals surface area contributed by atoms with Gasteiger partial charge in [-0.25, -0.2) is 0 Å². The Morgan fingerprint density at radius 1 is 1.27 bits per heavy atom. The molecule has 120 valence electrons. The first kappa shape index (κ1) is 17.2. The van der Waals surface area contributed by atoms with E-state index in [1.54, 1.807) is 13.8 Å². The highest BCUT2D eigenvalue weighted by atomic mass is 32.1. The maximum absolute atomic E-state index is 12.9. The fraction of sp³-hybridized carbons (Fsp3) is 0.400. The van der Waals surface area contributed by atoms with E-state index in [0.717, 1.165) is 5.56 Å². The summed E-state index contributed by atoms with van der Waals surface area (Å²) in [6.45, 7) is 4.12. The van der Waals surface area contributed by atoms with E-state index in [4.69, 9.17) is 26.0 Å². The van der Waals surface area contributed by atoms with Gasteiger partial charge in [0.25, 0.3) is 5.17 Å². The highest BCUT2D eigenvalue weighted by Crippen LogP contribution is 2.54. The molecule has 1 aromatic rings. The maximum Gasteiger partial charge on any atom is 0.356 e. The Labute approximate surface area is 136 Å². The molecule has 2 unspecified atom stereocenters. The van der Waals surface area contributed by atoms with Crippen LogP contribution >= 0.6 is 19.8 Å². The predicted octanol–water partition coefficient (Wildman–Crippen LogP) is 3.57. The normalized spacial score (nSPS) is 21.8. The SMILES string of the molecule is CCOP(=O)(OCC)C1NC(=S)OC1/C=C/c1ccccc1. The van der Waals surface area contributed by atoms with E-state index in [2.05, 4.69) is 5.32 Å². The smallest absolute Gasteiger partial charge is 0.356 e. The number of ether oxygens (including phenoxy) is 1. The van der Waals surface area contributed by atoms with Crippen LogP contribution in [0, 0.1) is 0 Å². The van der Waals surface area contributed by atoms with Crippen LogP contribution in [-0.2, 0) is 18.3 Å². The third-order valence-electron chi connectivity index (χ3n) is 3.06. The third kappa shape index (κ3) is 4.17. The van der Waals surface area contributed by atoms with E-state index >= 15 is 0 Å². The molecule has 0 bridgehead atoms. The van der Waals surface area contributed by atoms with Gasteiger partial charge in [0.05, 0.1) is 13.2 Å². The molecular weight excluding hydrogens is 321 g/mol. The summed E-state index contributed by atoms with van der Waals surface area (Å²) in [6, 6.07) is 9.77.